The van der Waals surface area contributed by atoms with Crippen molar-refractivity contribution in [1.29, 1.82) is 0 Å². The number of aliphatic hydroxyl groups excluding tert-OH is 1. The van der Waals surface area contributed by atoms with E-state index < -0.39 is 0 Å². The van der Waals surface area contributed by atoms with Crippen LogP contribution in [0.4, 0.5) is 4.39 Å². The van der Waals surface area contributed by atoms with Crippen LogP contribution in [0.3, 0.4) is 0 Å². The van der Waals surface area contributed by atoms with Crippen LogP contribution in [0.15, 0.2) is 24.3 Å². The third kappa shape index (κ3) is 4.70. The van der Waals surface area contributed by atoms with Gasteiger partial charge in [0.1, 0.15) is 11.6 Å². The predicted octanol–water partition coefficient (Wildman–Crippen LogP) is 2.36. The number of halogens is 1. The Labute approximate surface area is 124 Å². The second-order valence-corrected chi connectivity index (χ2v) is 5.30. The third-order valence-electron chi connectivity index (χ3n) is 3.81. The smallest absolute Gasteiger partial charge is 0.226 e. The lowest BCUT2D eigenvalue weighted by Crippen LogP contribution is -2.44. The van der Waals surface area contributed by atoms with Crippen molar-refractivity contribution in [2.45, 2.75) is 38.1 Å². The maximum atomic E-state index is 12.8. The van der Waals surface area contributed by atoms with Crippen LogP contribution in [-0.2, 0) is 4.79 Å². The van der Waals surface area contributed by atoms with Crippen LogP contribution in [0.25, 0.3) is 0 Å². The zero-order valence-corrected chi connectivity index (χ0v) is 12.1. The molecule has 1 aromatic carbocycles. The largest absolute Gasteiger partial charge is 0.493 e. The fraction of sp³-hybridized carbons (Fsp3) is 0.562. The van der Waals surface area contributed by atoms with Gasteiger partial charge in [-0.05, 0) is 49.9 Å². The second-order valence-electron chi connectivity index (χ2n) is 5.30. The van der Waals surface area contributed by atoms with Crippen molar-refractivity contribution in [3.8, 4) is 5.75 Å². The quantitative estimate of drug-likeness (QED) is 0.876. The minimum atomic E-state index is -0.307. The summed E-state index contributed by atoms with van der Waals surface area (Å²) >= 11 is 0. The van der Waals surface area contributed by atoms with E-state index >= 15 is 0 Å². The molecule has 1 N–H and O–H groups in total. The summed E-state index contributed by atoms with van der Waals surface area (Å²) in [4.78, 5) is 14.1. The van der Waals surface area contributed by atoms with E-state index in [-0.39, 0.29) is 31.0 Å². The lowest BCUT2D eigenvalue weighted by atomic mass is 9.99. The second kappa shape index (κ2) is 7.98. The summed E-state index contributed by atoms with van der Waals surface area (Å²) in [5.74, 6) is 0.323. The molecule has 21 heavy (non-hydrogen) atoms. The number of rotatable bonds is 6. The Morgan fingerprint density at radius 2 is 2.10 bits per heavy atom. The number of piperidine rings is 1. The molecule has 1 saturated heterocycles. The van der Waals surface area contributed by atoms with Gasteiger partial charge in [0.05, 0.1) is 13.0 Å². The van der Waals surface area contributed by atoms with Gasteiger partial charge in [0.25, 0.3) is 0 Å². The van der Waals surface area contributed by atoms with Crippen molar-refractivity contribution in [2.75, 3.05) is 19.8 Å². The molecule has 1 unspecified atom stereocenters. The van der Waals surface area contributed by atoms with Crippen LogP contribution in [0.1, 0.15) is 32.1 Å². The van der Waals surface area contributed by atoms with E-state index in [9.17, 15) is 9.18 Å². The van der Waals surface area contributed by atoms with E-state index in [0.717, 1.165) is 25.8 Å². The molecule has 1 aliphatic heterocycles. The van der Waals surface area contributed by atoms with E-state index in [1.165, 1.54) is 12.1 Å². The van der Waals surface area contributed by atoms with Gasteiger partial charge in [-0.2, -0.15) is 0 Å². The number of amides is 1. The first kappa shape index (κ1) is 15.8. The number of carbonyl (C=O) groups is 1. The average Bonchev–Trinajstić information content (AvgIpc) is 2.50. The van der Waals surface area contributed by atoms with Crippen LogP contribution in [-0.4, -0.2) is 41.7 Å². The molecule has 0 aromatic heterocycles. The van der Waals surface area contributed by atoms with E-state index in [1.807, 2.05) is 4.90 Å². The molecule has 116 valence electrons. The van der Waals surface area contributed by atoms with Gasteiger partial charge in [-0.25, -0.2) is 4.39 Å². The SMILES string of the molecule is O=C(CCOc1ccc(F)cc1)N1CCCCC1CCO. The van der Waals surface area contributed by atoms with Crippen molar-refractivity contribution >= 4 is 5.91 Å². The summed E-state index contributed by atoms with van der Waals surface area (Å²) < 4.78 is 18.2. The van der Waals surface area contributed by atoms with Gasteiger partial charge in [0.15, 0.2) is 0 Å². The van der Waals surface area contributed by atoms with E-state index in [0.29, 0.717) is 18.6 Å². The predicted molar refractivity (Wildman–Crippen MR) is 77.6 cm³/mol. The molecule has 1 heterocycles. The molecule has 1 atom stereocenters. The monoisotopic (exact) mass is 295 g/mol. The molecule has 1 aliphatic rings. The van der Waals surface area contributed by atoms with E-state index in [2.05, 4.69) is 0 Å². The van der Waals surface area contributed by atoms with Crippen molar-refractivity contribution in [2.24, 2.45) is 0 Å². The van der Waals surface area contributed by atoms with E-state index in [1.54, 1.807) is 12.1 Å². The Hall–Kier alpha value is -1.62. The lowest BCUT2D eigenvalue weighted by Gasteiger charge is -2.35. The molecule has 1 aromatic rings. The van der Waals surface area contributed by atoms with Crippen LogP contribution in [0.2, 0.25) is 0 Å². The van der Waals surface area contributed by atoms with Gasteiger partial charge >= 0.3 is 0 Å². The van der Waals surface area contributed by atoms with Crippen molar-refractivity contribution in [3.05, 3.63) is 30.1 Å². The Kier molecular flexibility index (Phi) is 5.99. The number of likely N-dealkylation sites (tertiary alicyclic amines) is 1. The molecule has 0 aliphatic carbocycles. The fourth-order valence-electron chi connectivity index (χ4n) is 2.71. The third-order valence-corrected chi connectivity index (χ3v) is 3.81. The van der Waals surface area contributed by atoms with Crippen LogP contribution in [0.5, 0.6) is 5.75 Å². The highest BCUT2D eigenvalue weighted by Gasteiger charge is 2.25. The summed E-state index contributed by atoms with van der Waals surface area (Å²) in [7, 11) is 0. The first-order valence-corrected chi connectivity index (χ1v) is 7.49. The Bertz CT molecular complexity index is 447. The normalized spacial score (nSPS) is 18.6. The standard InChI is InChI=1S/C16H22FNO3/c17-13-4-6-15(7-5-13)21-12-9-16(20)18-10-2-1-3-14(18)8-11-19/h4-7,14,19H,1-3,8-12H2. The van der Waals surface area contributed by atoms with Crippen LogP contribution >= 0.6 is 0 Å². The summed E-state index contributed by atoms with van der Waals surface area (Å²) in [5, 5.41) is 9.07. The molecule has 0 radical (unpaired) electrons. The number of benzene rings is 1. The highest BCUT2D eigenvalue weighted by Crippen LogP contribution is 2.20. The summed E-state index contributed by atoms with van der Waals surface area (Å²) in [5.41, 5.74) is 0. The zero-order chi connectivity index (χ0) is 15.1. The maximum absolute atomic E-state index is 12.8. The summed E-state index contributed by atoms with van der Waals surface area (Å²) in [6.45, 7) is 1.16. The van der Waals surface area contributed by atoms with Gasteiger partial charge in [0.2, 0.25) is 5.91 Å². The van der Waals surface area contributed by atoms with E-state index in [4.69, 9.17) is 9.84 Å². The molecule has 1 amide bonds. The van der Waals surface area contributed by atoms with Crippen LogP contribution < -0.4 is 4.74 Å². The number of hydrogen-bond donors (Lipinski definition) is 1. The minimum Gasteiger partial charge on any atom is -0.493 e. The van der Waals surface area contributed by atoms with Gasteiger partial charge in [-0.1, -0.05) is 0 Å². The number of nitrogens with zero attached hydrogens (tertiary/aromatic N) is 1. The molecule has 5 heteroatoms. The zero-order valence-electron chi connectivity index (χ0n) is 12.1. The van der Waals surface area contributed by atoms with Gasteiger partial charge < -0.3 is 14.7 Å². The van der Waals surface area contributed by atoms with Gasteiger partial charge in [-0.15, -0.1) is 0 Å². The molecule has 4 nitrogen and oxygen atoms in total. The molecule has 0 bridgehead atoms. The lowest BCUT2D eigenvalue weighted by molar-refractivity contribution is -0.135. The summed E-state index contributed by atoms with van der Waals surface area (Å²) in [6.07, 6.45) is 4.04. The van der Waals surface area contributed by atoms with Gasteiger partial charge in [0, 0.05) is 19.2 Å². The molecule has 0 spiro atoms. The number of carbonyl (C=O) groups excluding carboxylic acids is 1. The van der Waals surface area contributed by atoms with Crippen molar-refractivity contribution in [3.63, 3.8) is 0 Å². The Morgan fingerprint density at radius 3 is 2.81 bits per heavy atom. The molecular formula is C16H22FNO3. The maximum Gasteiger partial charge on any atom is 0.226 e. The fourth-order valence-corrected chi connectivity index (χ4v) is 2.71. The number of hydrogen-bond acceptors (Lipinski definition) is 3. The molecule has 2 rings (SSSR count). The molecule has 1 fully saturated rings. The minimum absolute atomic E-state index is 0.0651. The molecular weight excluding hydrogens is 273 g/mol. The Morgan fingerprint density at radius 1 is 1.33 bits per heavy atom. The highest BCUT2D eigenvalue weighted by atomic mass is 19.1. The highest BCUT2D eigenvalue weighted by molar-refractivity contribution is 5.76. The van der Waals surface area contributed by atoms with Crippen molar-refractivity contribution < 1.29 is 19.0 Å². The first-order valence-electron chi connectivity index (χ1n) is 7.49. The van der Waals surface area contributed by atoms with Crippen LogP contribution in [0, 0.1) is 5.82 Å². The first-order chi connectivity index (χ1) is 10.2. The van der Waals surface area contributed by atoms with Crippen molar-refractivity contribution in [1.82, 2.24) is 4.90 Å². The number of aliphatic hydroxyl groups is 1. The molecule has 0 saturated carbocycles. The summed E-state index contributed by atoms with van der Waals surface area (Å²) in [6, 6.07) is 5.92. The topological polar surface area (TPSA) is 49.8 Å². The van der Waals surface area contributed by atoms with Gasteiger partial charge in [-0.3, -0.25) is 4.79 Å². The Balaban J connectivity index is 1.78. The number of ether oxygens (including phenoxy) is 1. The average molecular weight is 295 g/mol.